The Labute approximate surface area is 319 Å². The summed E-state index contributed by atoms with van der Waals surface area (Å²) in [5, 5.41) is 14.4. The fraction of sp³-hybridized carbons (Fsp3) is 0.610. The number of nitrogens with one attached hydrogen (secondary N) is 5. The summed E-state index contributed by atoms with van der Waals surface area (Å²) in [5.74, 6) is -2.82. The predicted octanol–water partition coefficient (Wildman–Crippen LogP) is 3.24. The first-order valence-electron chi connectivity index (χ1n) is 19.5. The van der Waals surface area contributed by atoms with Gasteiger partial charge in [0.15, 0.2) is 0 Å². The summed E-state index contributed by atoms with van der Waals surface area (Å²) in [6.07, 6.45) is 7.07. The van der Waals surface area contributed by atoms with Crippen LogP contribution in [0.2, 0.25) is 0 Å². The Balaban J connectivity index is 1.41. The molecule has 54 heavy (non-hydrogen) atoms. The van der Waals surface area contributed by atoms with Gasteiger partial charge in [-0.1, -0.05) is 90.8 Å². The van der Waals surface area contributed by atoms with Crippen molar-refractivity contribution in [2.75, 3.05) is 32.7 Å². The molecule has 1 aromatic rings. The van der Waals surface area contributed by atoms with Gasteiger partial charge in [0.2, 0.25) is 17.6 Å². The van der Waals surface area contributed by atoms with E-state index in [1.165, 1.54) is 6.08 Å². The second-order valence-corrected chi connectivity index (χ2v) is 17.0. The molecule has 5 N–H and O–H groups in total. The third-order valence-corrected chi connectivity index (χ3v) is 11.5. The molecule has 2 saturated heterocycles. The molecule has 1 unspecified atom stereocenters. The maximum atomic E-state index is 15.0. The largest absolute Gasteiger partial charge is 0.346 e. The Morgan fingerprint density at radius 1 is 1.06 bits per heavy atom. The zero-order chi connectivity index (χ0) is 39.4. The number of hydrogen-bond acceptors (Lipinski definition) is 6. The number of Topliss-reactive ketones (excluding diaryl/α,β-unsaturated/α-hetero) is 1. The van der Waals surface area contributed by atoms with Gasteiger partial charge in [-0.3, -0.25) is 19.2 Å². The molecule has 2 heterocycles. The molecule has 7 amide bonds. The number of carbonyl (C=O) groups is 6. The highest BCUT2D eigenvalue weighted by atomic mass is 16.2. The van der Waals surface area contributed by atoms with E-state index in [1.54, 1.807) is 9.80 Å². The Bertz CT molecular complexity index is 1640. The third kappa shape index (κ3) is 8.98. The van der Waals surface area contributed by atoms with Gasteiger partial charge in [0.25, 0.3) is 5.91 Å². The molecule has 294 valence electrons. The van der Waals surface area contributed by atoms with Gasteiger partial charge in [0.1, 0.15) is 12.1 Å². The monoisotopic (exact) mass is 745 g/mol. The van der Waals surface area contributed by atoms with Gasteiger partial charge in [0.05, 0.1) is 12.1 Å². The van der Waals surface area contributed by atoms with Crippen LogP contribution < -0.4 is 26.6 Å². The van der Waals surface area contributed by atoms with Crippen molar-refractivity contribution in [3.05, 3.63) is 59.7 Å². The van der Waals surface area contributed by atoms with Crippen molar-refractivity contribution in [1.29, 1.82) is 0 Å². The lowest BCUT2D eigenvalue weighted by Crippen LogP contribution is -2.61. The first-order chi connectivity index (χ1) is 25.5. The van der Waals surface area contributed by atoms with Crippen LogP contribution in [0.25, 0.3) is 0 Å². The Morgan fingerprint density at radius 2 is 1.74 bits per heavy atom. The van der Waals surface area contributed by atoms with Gasteiger partial charge in [-0.05, 0) is 59.1 Å². The Kier molecular flexibility index (Phi) is 12.6. The molecular formula is C41H59N7O6. The van der Waals surface area contributed by atoms with Crippen LogP contribution in [-0.2, 0) is 32.0 Å². The number of amides is 7. The summed E-state index contributed by atoms with van der Waals surface area (Å²) in [6.45, 7) is 17.6. The molecule has 2 aliphatic carbocycles. The molecule has 4 aliphatic rings. The second-order valence-electron chi connectivity index (χ2n) is 17.0. The SMILES string of the molecule is C=CCNC(=O)C(=O)C(CCCC)NC(=O)[C@@H]1C2=CC(C)(C)[C@H]2CN1C(=O)[C@@H](NC(=O)N[C@H](CN1CCCNC1=O)C(C)(C)C)C1Cc2ccccc2C1. The quantitative estimate of drug-likeness (QED) is 0.137. The van der Waals surface area contributed by atoms with Crippen molar-refractivity contribution in [2.24, 2.45) is 22.7 Å². The number of allylic oxidation sites excluding steroid dienone is 1. The third-order valence-electron chi connectivity index (χ3n) is 11.5. The minimum atomic E-state index is -1.06. The van der Waals surface area contributed by atoms with Gasteiger partial charge >= 0.3 is 12.1 Å². The van der Waals surface area contributed by atoms with Crippen LogP contribution in [0, 0.1) is 22.7 Å². The van der Waals surface area contributed by atoms with Crippen LogP contribution in [0.5, 0.6) is 0 Å². The summed E-state index contributed by atoms with van der Waals surface area (Å²) < 4.78 is 0. The Morgan fingerprint density at radius 3 is 2.33 bits per heavy atom. The average Bonchev–Trinajstić information content (AvgIpc) is 3.70. The fourth-order valence-electron chi connectivity index (χ4n) is 8.24. The van der Waals surface area contributed by atoms with Crippen LogP contribution in [0.3, 0.4) is 0 Å². The van der Waals surface area contributed by atoms with Crippen LogP contribution in [0.15, 0.2) is 48.6 Å². The number of unbranched alkanes of at least 4 members (excludes halogenated alkanes) is 1. The standard InChI is InChI=1S/C41H59N7O6/c1-8-10-16-30(34(49)36(51)42-17-9-2)44-35(50)33-28-22-41(6,7)29(28)23-48(33)37(52)32(27-20-25-14-11-12-15-26(25)21-27)46-38(53)45-31(40(3,4)5)24-47-19-13-18-43-39(47)54/h9,11-12,14-15,22,27,29-33H,2,8,10,13,16-21,23-24H2,1,3-7H3,(H,42,51)(H,43,54)(H,44,50)(H2,45,46,53)/t29-,30?,31+,32-,33-/m0/s1. The maximum absolute atomic E-state index is 15.0. The number of rotatable bonds is 15. The molecule has 0 bridgehead atoms. The molecule has 2 fully saturated rings. The Hall–Kier alpha value is -4.68. The highest BCUT2D eigenvalue weighted by molar-refractivity contribution is 6.38. The number of ketones is 1. The van der Waals surface area contributed by atoms with Crippen LogP contribution in [0.4, 0.5) is 9.59 Å². The van der Waals surface area contributed by atoms with Gasteiger partial charge in [0, 0.05) is 38.6 Å². The van der Waals surface area contributed by atoms with Crippen LogP contribution in [-0.4, -0.2) is 102 Å². The van der Waals surface area contributed by atoms with Crippen molar-refractivity contribution in [2.45, 2.75) is 104 Å². The lowest BCUT2D eigenvalue weighted by molar-refractivity contribution is -0.142. The zero-order valence-electron chi connectivity index (χ0n) is 32.8. The first kappa shape index (κ1) is 40.5. The number of benzene rings is 1. The van der Waals surface area contributed by atoms with E-state index in [0.29, 0.717) is 38.9 Å². The zero-order valence-corrected chi connectivity index (χ0v) is 32.8. The van der Waals surface area contributed by atoms with E-state index in [4.69, 9.17) is 0 Å². The van der Waals surface area contributed by atoms with E-state index in [-0.39, 0.29) is 48.7 Å². The van der Waals surface area contributed by atoms with Crippen molar-refractivity contribution in [3.63, 3.8) is 0 Å². The van der Waals surface area contributed by atoms with Gasteiger partial charge in [-0.15, -0.1) is 6.58 Å². The molecule has 1 aromatic carbocycles. The van der Waals surface area contributed by atoms with E-state index >= 15 is 0 Å². The van der Waals surface area contributed by atoms with Crippen molar-refractivity contribution in [3.8, 4) is 0 Å². The molecule has 5 rings (SSSR count). The minimum absolute atomic E-state index is 0.0888. The summed E-state index contributed by atoms with van der Waals surface area (Å²) in [6, 6.07) is 3.83. The number of fused-ring (bicyclic) bond motifs is 2. The normalized spacial score (nSPS) is 22.0. The molecular weight excluding hydrogens is 686 g/mol. The highest BCUT2D eigenvalue weighted by Crippen LogP contribution is 2.51. The minimum Gasteiger partial charge on any atom is -0.346 e. The van der Waals surface area contributed by atoms with E-state index in [2.05, 4.69) is 47.0 Å². The summed E-state index contributed by atoms with van der Waals surface area (Å²) in [5.41, 5.74) is 2.34. The maximum Gasteiger partial charge on any atom is 0.317 e. The molecule has 0 aromatic heterocycles. The lowest BCUT2D eigenvalue weighted by atomic mass is 9.64. The van der Waals surface area contributed by atoms with E-state index in [1.807, 2.05) is 58.0 Å². The second kappa shape index (κ2) is 16.8. The summed E-state index contributed by atoms with van der Waals surface area (Å²) >= 11 is 0. The predicted molar refractivity (Wildman–Crippen MR) is 206 cm³/mol. The number of likely N-dealkylation sites (tertiary alicyclic amines) is 1. The first-order valence-corrected chi connectivity index (χ1v) is 19.5. The number of nitrogens with zero attached hydrogens (tertiary/aromatic N) is 2. The number of urea groups is 2. The van der Waals surface area contributed by atoms with Gasteiger partial charge in [-0.2, -0.15) is 0 Å². The summed E-state index contributed by atoms with van der Waals surface area (Å²) in [4.78, 5) is 85.2. The van der Waals surface area contributed by atoms with Crippen LogP contribution in [0.1, 0.15) is 78.4 Å². The fourth-order valence-corrected chi connectivity index (χ4v) is 8.24. The van der Waals surface area contributed by atoms with Gasteiger partial charge in [-0.25, -0.2) is 9.59 Å². The highest BCUT2D eigenvalue weighted by Gasteiger charge is 2.55. The lowest BCUT2D eigenvalue weighted by Gasteiger charge is -2.39. The molecule has 13 heteroatoms. The van der Waals surface area contributed by atoms with Crippen molar-refractivity contribution < 1.29 is 28.8 Å². The van der Waals surface area contributed by atoms with Crippen molar-refractivity contribution >= 4 is 35.6 Å². The average molecular weight is 746 g/mol. The van der Waals surface area contributed by atoms with Crippen LogP contribution >= 0.6 is 0 Å². The van der Waals surface area contributed by atoms with E-state index in [0.717, 1.165) is 29.5 Å². The number of carbonyl (C=O) groups excluding carboxylic acids is 6. The number of hydrogen-bond donors (Lipinski definition) is 5. The summed E-state index contributed by atoms with van der Waals surface area (Å²) in [7, 11) is 0. The topological polar surface area (TPSA) is 169 Å². The van der Waals surface area contributed by atoms with Crippen molar-refractivity contribution in [1.82, 2.24) is 36.4 Å². The molecule has 0 spiro atoms. The molecule has 5 atom stereocenters. The molecule has 0 saturated carbocycles. The van der Waals surface area contributed by atoms with E-state index < -0.39 is 53.2 Å². The van der Waals surface area contributed by atoms with E-state index in [9.17, 15) is 28.8 Å². The van der Waals surface area contributed by atoms with Gasteiger partial charge < -0.3 is 36.4 Å². The molecule has 0 radical (unpaired) electrons. The molecule has 2 aliphatic heterocycles. The smallest absolute Gasteiger partial charge is 0.317 e. The molecule has 13 nitrogen and oxygen atoms in total.